The Morgan fingerprint density at radius 1 is 1.33 bits per heavy atom. The maximum Gasteiger partial charge on any atom is 0.191 e. The molecule has 2 aromatic rings. The molecular weight excluding hydrogens is 469 g/mol. The van der Waals surface area contributed by atoms with Gasteiger partial charge in [-0.15, -0.1) is 35.3 Å². The summed E-state index contributed by atoms with van der Waals surface area (Å²) in [6, 6.07) is 9.26. The summed E-state index contributed by atoms with van der Waals surface area (Å²) >= 11 is 1.70. The van der Waals surface area contributed by atoms with Crippen molar-refractivity contribution in [2.75, 3.05) is 25.0 Å². The molecule has 5 nitrogen and oxygen atoms in total. The van der Waals surface area contributed by atoms with E-state index in [1.54, 1.807) is 11.3 Å². The van der Waals surface area contributed by atoms with Gasteiger partial charge in [0, 0.05) is 37.2 Å². The lowest BCUT2D eigenvalue weighted by atomic mass is 10.1. The second-order valence-electron chi connectivity index (χ2n) is 7.05. The highest BCUT2D eigenvalue weighted by Gasteiger charge is 2.24. The number of anilines is 1. The highest BCUT2D eigenvalue weighted by atomic mass is 127. The Hall–Kier alpha value is -1.35. The lowest BCUT2D eigenvalue weighted by molar-refractivity contribution is 0.656. The first-order valence-corrected chi connectivity index (χ1v) is 10.2. The van der Waals surface area contributed by atoms with E-state index in [0.717, 1.165) is 36.2 Å². The third kappa shape index (κ3) is 5.57. The normalized spacial score (nSPS) is 16.3. The molecule has 1 atom stereocenters. The van der Waals surface area contributed by atoms with E-state index < -0.39 is 0 Å². The number of nitrogens with one attached hydrogen (secondary N) is 2. The number of benzene rings is 1. The van der Waals surface area contributed by atoms with Crippen molar-refractivity contribution in [3.05, 3.63) is 45.9 Å². The van der Waals surface area contributed by atoms with E-state index >= 15 is 0 Å². The van der Waals surface area contributed by atoms with Crippen LogP contribution in [-0.4, -0.2) is 37.1 Å². The van der Waals surface area contributed by atoms with Crippen molar-refractivity contribution in [3.63, 3.8) is 0 Å². The lowest BCUT2D eigenvalue weighted by Crippen LogP contribution is -2.42. The number of aliphatic imine (C=N–C) groups is 1. The molecule has 0 amide bonds. The Bertz CT molecular complexity index is 758. The molecule has 2 N–H and O–H groups in total. The summed E-state index contributed by atoms with van der Waals surface area (Å²) < 4.78 is 0. The molecule has 1 aromatic heterocycles. The quantitative estimate of drug-likeness (QED) is 0.359. The smallest absolute Gasteiger partial charge is 0.191 e. The van der Waals surface area contributed by atoms with Crippen LogP contribution in [0, 0.1) is 0 Å². The third-order valence-corrected chi connectivity index (χ3v) is 5.65. The van der Waals surface area contributed by atoms with Gasteiger partial charge in [-0.25, -0.2) is 4.98 Å². The number of thiazole rings is 1. The van der Waals surface area contributed by atoms with E-state index in [9.17, 15) is 0 Å². The minimum Gasteiger partial charge on any atom is -0.367 e. The summed E-state index contributed by atoms with van der Waals surface area (Å²) in [5.41, 5.74) is 3.98. The molecule has 0 bridgehead atoms. The first-order chi connectivity index (χ1) is 12.6. The third-order valence-electron chi connectivity index (χ3n) is 4.79. The van der Waals surface area contributed by atoms with Crippen LogP contribution in [-0.2, 0) is 13.0 Å². The summed E-state index contributed by atoms with van der Waals surface area (Å²) in [5.74, 6) is 1.30. The van der Waals surface area contributed by atoms with Crippen LogP contribution in [0.15, 0.2) is 34.6 Å². The first kappa shape index (κ1) is 21.9. The second kappa shape index (κ2) is 10.3. The van der Waals surface area contributed by atoms with Crippen LogP contribution in [0.2, 0.25) is 0 Å². The summed E-state index contributed by atoms with van der Waals surface area (Å²) in [5, 5.41) is 10.0. The largest absolute Gasteiger partial charge is 0.367 e. The molecule has 1 aliphatic heterocycles. The molecule has 0 radical (unpaired) electrons. The monoisotopic (exact) mass is 499 g/mol. The number of halogens is 1. The minimum atomic E-state index is 0. The maximum atomic E-state index is 4.66. The van der Waals surface area contributed by atoms with Gasteiger partial charge in [0.05, 0.1) is 12.2 Å². The molecule has 7 heteroatoms. The van der Waals surface area contributed by atoms with Crippen LogP contribution in [0.25, 0.3) is 0 Å². The van der Waals surface area contributed by atoms with E-state index in [2.05, 4.69) is 75.9 Å². The van der Waals surface area contributed by atoms with Crippen LogP contribution >= 0.6 is 35.3 Å². The Morgan fingerprint density at radius 2 is 2.11 bits per heavy atom. The maximum absolute atomic E-state index is 4.66. The fraction of sp³-hybridized carbons (Fsp3) is 0.500. The van der Waals surface area contributed by atoms with Crippen molar-refractivity contribution >= 4 is 47.0 Å². The van der Waals surface area contributed by atoms with Gasteiger partial charge in [0.15, 0.2) is 5.96 Å². The van der Waals surface area contributed by atoms with Crippen molar-refractivity contribution in [2.24, 2.45) is 4.99 Å². The fourth-order valence-corrected chi connectivity index (χ4v) is 4.21. The Kier molecular flexibility index (Phi) is 8.34. The summed E-state index contributed by atoms with van der Waals surface area (Å²) in [6.07, 6.45) is 1.13. The molecule has 0 saturated heterocycles. The van der Waals surface area contributed by atoms with E-state index in [4.69, 9.17) is 0 Å². The summed E-state index contributed by atoms with van der Waals surface area (Å²) in [6.45, 7) is 9.16. The Morgan fingerprint density at radius 3 is 2.81 bits per heavy atom. The van der Waals surface area contributed by atoms with Crippen LogP contribution in [0.3, 0.4) is 0 Å². The predicted molar refractivity (Wildman–Crippen MR) is 127 cm³/mol. The van der Waals surface area contributed by atoms with Crippen molar-refractivity contribution < 1.29 is 0 Å². The fourth-order valence-electron chi connectivity index (χ4n) is 3.32. The average molecular weight is 499 g/mol. The Labute approximate surface area is 183 Å². The zero-order chi connectivity index (χ0) is 18.5. The standard InChI is InChI=1S/C20H29N5S.HI/c1-14(2)17-13-26-19(24-17)12-23-20(21-4)22-9-10-25-15(3)11-16-7-5-6-8-18(16)25;/h5-8,13-15H,9-12H2,1-4H3,(H2,21,22,23);1H. The van der Waals surface area contributed by atoms with Gasteiger partial charge in [-0.1, -0.05) is 32.0 Å². The van der Waals surface area contributed by atoms with Crippen LogP contribution < -0.4 is 15.5 Å². The minimum absolute atomic E-state index is 0. The highest BCUT2D eigenvalue weighted by molar-refractivity contribution is 14.0. The molecule has 3 rings (SSSR count). The van der Waals surface area contributed by atoms with E-state index in [1.165, 1.54) is 11.3 Å². The van der Waals surface area contributed by atoms with Crippen molar-refractivity contribution in [1.82, 2.24) is 15.6 Å². The Balaban J connectivity index is 0.00000261. The van der Waals surface area contributed by atoms with Crippen molar-refractivity contribution in [2.45, 2.75) is 45.7 Å². The van der Waals surface area contributed by atoms with Crippen molar-refractivity contribution in [3.8, 4) is 0 Å². The molecule has 0 saturated carbocycles. The zero-order valence-electron chi connectivity index (χ0n) is 16.5. The van der Waals surface area contributed by atoms with Gasteiger partial charge in [0.25, 0.3) is 0 Å². The molecule has 2 heterocycles. The number of aromatic nitrogens is 1. The molecule has 1 aliphatic rings. The number of hydrogen-bond donors (Lipinski definition) is 2. The zero-order valence-corrected chi connectivity index (χ0v) is 19.7. The second-order valence-corrected chi connectivity index (χ2v) is 7.99. The number of para-hydroxylation sites is 1. The highest BCUT2D eigenvalue weighted by Crippen LogP contribution is 2.31. The SMILES string of the molecule is CN=C(NCCN1c2ccccc2CC1C)NCc1nc(C(C)C)cs1.I. The van der Waals surface area contributed by atoms with Crippen LogP contribution in [0.4, 0.5) is 5.69 Å². The van der Waals surface area contributed by atoms with Crippen molar-refractivity contribution in [1.29, 1.82) is 0 Å². The lowest BCUT2D eigenvalue weighted by Gasteiger charge is -2.25. The molecule has 1 aromatic carbocycles. The van der Waals surface area contributed by atoms with Gasteiger partial charge in [0.1, 0.15) is 5.01 Å². The molecule has 0 aliphatic carbocycles. The molecule has 0 spiro atoms. The number of rotatable bonds is 6. The topological polar surface area (TPSA) is 52.6 Å². The number of guanidine groups is 1. The predicted octanol–water partition coefficient (Wildman–Crippen LogP) is 4.00. The molecule has 1 unspecified atom stereocenters. The molecular formula is C20H30IN5S. The van der Waals surface area contributed by atoms with Crippen LogP contribution in [0.5, 0.6) is 0 Å². The van der Waals surface area contributed by atoms with Gasteiger partial charge >= 0.3 is 0 Å². The van der Waals surface area contributed by atoms with Gasteiger partial charge in [-0.2, -0.15) is 0 Å². The number of fused-ring (bicyclic) bond motifs is 1. The van der Waals surface area contributed by atoms with E-state index in [0.29, 0.717) is 18.5 Å². The molecule has 0 fully saturated rings. The van der Waals surface area contributed by atoms with Gasteiger partial charge in [-0.3, -0.25) is 4.99 Å². The average Bonchev–Trinajstić information content (AvgIpc) is 3.22. The first-order valence-electron chi connectivity index (χ1n) is 9.32. The van der Waals surface area contributed by atoms with Crippen LogP contribution in [0.1, 0.15) is 43.0 Å². The van der Waals surface area contributed by atoms with Gasteiger partial charge in [-0.05, 0) is 30.9 Å². The van der Waals surface area contributed by atoms with E-state index in [1.807, 2.05) is 7.05 Å². The summed E-state index contributed by atoms with van der Waals surface area (Å²) in [4.78, 5) is 11.5. The molecule has 148 valence electrons. The number of hydrogen-bond acceptors (Lipinski definition) is 4. The van der Waals surface area contributed by atoms with Gasteiger partial charge < -0.3 is 15.5 Å². The van der Waals surface area contributed by atoms with Gasteiger partial charge in [0.2, 0.25) is 0 Å². The molecule has 27 heavy (non-hydrogen) atoms. The van der Waals surface area contributed by atoms with E-state index in [-0.39, 0.29) is 24.0 Å². The number of nitrogens with zero attached hydrogens (tertiary/aromatic N) is 3. The summed E-state index contributed by atoms with van der Waals surface area (Å²) in [7, 11) is 1.81.